The Morgan fingerprint density at radius 1 is 1.03 bits per heavy atom. The van der Waals surface area contributed by atoms with Gasteiger partial charge in [0, 0.05) is 29.7 Å². The van der Waals surface area contributed by atoms with Crippen LogP contribution in [0.5, 0.6) is 11.6 Å². The highest BCUT2D eigenvalue weighted by atomic mass is 32.2. The number of imidazole rings is 1. The van der Waals surface area contributed by atoms with Gasteiger partial charge in [0.25, 0.3) is 10.0 Å². The van der Waals surface area contributed by atoms with Gasteiger partial charge in [-0.3, -0.25) is 4.72 Å². The fraction of sp³-hybridized carbons (Fsp3) is 0.273. The molecule has 11 heteroatoms. The van der Waals surface area contributed by atoms with Crippen LogP contribution in [0.25, 0.3) is 5.82 Å². The number of nitrogens with zero attached hydrogens (tertiary/aromatic N) is 6. The van der Waals surface area contributed by atoms with Crippen molar-refractivity contribution < 1.29 is 13.2 Å². The maximum atomic E-state index is 12.6. The van der Waals surface area contributed by atoms with E-state index < -0.39 is 10.0 Å². The van der Waals surface area contributed by atoms with E-state index in [2.05, 4.69) is 24.8 Å². The lowest BCUT2D eigenvalue weighted by Crippen LogP contribution is -2.13. The fourth-order valence-electron chi connectivity index (χ4n) is 3.10. The highest BCUT2D eigenvalue weighted by molar-refractivity contribution is 7.92. The lowest BCUT2D eigenvalue weighted by Gasteiger charge is -2.09. The summed E-state index contributed by atoms with van der Waals surface area (Å²) < 4.78 is 37.0. The number of aromatic nitrogens is 6. The molecule has 172 valence electrons. The van der Waals surface area contributed by atoms with Gasteiger partial charge < -0.3 is 9.30 Å². The van der Waals surface area contributed by atoms with Gasteiger partial charge in [-0.2, -0.15) is 13.5 Å². The van der Waals surface area contributed by atoms with Crippen molar-refractivity contribution in [1.29, 1.82) is 0 Å². The highest BCUT2D eigenvalue weighted by Crippen LogP contribution is 2.24. The van der Waals surface area contributed by atoms with Crippen LogP contribution in [0.4, 0.5) is 5.69 Å². The van der Waals surface area contributed by atoms with Crippen molar-refractivity contribution in [3.63, 3.8) is 0 Å². The van der Waals surface area contributed by atoms with Crippen LogP contribution in [-0.2, 0) is 10.0 Å². The topological polar surface area (TPSA) is 117 Å². The molecule has 3 heterocycles. The van der Waals surface area contributed by atoms with Crippen molar-refractivity contribution in [2.24, 2.45) is 0 Å². The van der Waals surface area contributed by atoms with Gasteiger partial charge in [-0.15, -0.1) is 0 Å². The molecule has 0 saturated carbocycles. The normalized spacial score (nSPS) is 11.7. The molecule has 3 aromatic heterocycles. The quantitative estimate of drug-likeness (QED) is 0.437. The summed E-state index contributed by atoms with van der Waals surface area (Å²) in [7, 11) is -3.79. The van der Waals surface area contributed by atoms with Gasteiger partial charge in [-0.1, -0.05) is 0 Å². The number of hydrogen-bond donors (Lipinski definition) is 1. The van der Waals surface area contributed by atoms with E-state index in [4.69, 9.17) is 4.74 Å². The van der Waals surface area contributed by atoms with Crippen molar-refractivity contribution in [3.8, 4) is 17.4 Å². The molecule has 0 saturated heterocycles. The summed E-state index contributed by atoms with van der Waals surface area (Å²) in [6.45, 7) is 9.83. The molecular weight excluding hydrogens is 442 g/mol. The summed E-state index contributed by atoms with van der Waals surface area (Å²) in [5, 5.41) is 4.47. The summed E-state index contributed by atoms with van der Waals surface area (Å²) in [5.74, 6) is 1.44. The number of ether oxygens (including phenoxy) is 1. The summed E-state index contributed by atoms with van der Waals surface area (Å²) >= 11 is 0. The second-order valence-electron chi connectivity index (χ2n) is 7.91. The molecule has 0 unspecified atom stereocenters. The van der Waals surface area contributed by atoms with Crippen LogP contribution in [0.15, 0.2) is 54.2 Å². The molecule has 4 aromatic rings. The van der Waals surface area contributed by atoms with Gasteiger partial charge in [0.1, 0.15) is 12.1 Å². The second kappa shape index (κ2) is 8.66. The predicted molar refractivity (Wildman–Crippen MR) is 123 cm³/mol. The number of nitrogens with one attached hydrogen (secondary N) is 1. The largest absolute Gasteiger partial charge is 0.439 e. The zero-order valence-corrected chi connectivity index (χ0v) is 19.8. The van der Waals surface area contributed by atoms with Crippen LogP contribution in [0, 0.1) is 20.8 Å². The molecule has 0 aliphatic rings. The first-order chi connectivity index (χ1) is 15.6. The van der Waals surface area contributed by atoms with E-state index in [1.807, 2.05) is 34.6 Å². The molecule has 0 atom stereocenters. The average molecular weight is 468 g/mol. The molecule has 1 aromatic carbocycles. The summed E-state index contributed by atoms with van der Waals surface area (Å²) in [5.41, 5.74) is 3.42. The van der Waals surface area contributed by atoms with Gasteiger partial charge in [0.05, 0.1) is 12.0 Å². The molecule has 10 nitrogen and oxygen atoms in total. The van der Waals surface area contributed by atoms with Crippen LogP contribution in [0.1, 0.15) is 36.8 Å². The van der Waals surface area contributed by atoms with Crippen molar-refractivity contribution in [3.05, 3.63) is 66.1 Å². The number of sulfonamides is 1. The van der Waals surface area contributed by atoms with Gasteiger partial charge >= 0.3 is 0 Å². The van der Waals surface area contributed by atoms with Crippen LogP contribution in [0.2, 0.25) is 0 Å². The van der Waals surface area contributed by atoms with E-state index in [1.54, 1.807) is 39.6 Å². The van der Waals surface area contributed by atoms with Gasteiger partial charge in [0.15, 0.2) is 10.8 Å². The van der Waals surface area contributed by atoms with E-state index in [0.717, 1.165) is 17.0 Å². The Labute approximate surface area is 192 Å². The lowest BCUT2D eigenvalue weighted by molar-refractivity contribution is 0.460. The average Bonchev–Trinajstić information content (AvgIpc) is 3.38. The molecule has 0 spiro atoms. The third-order valence-electron chi connectivity index (χ3n) is 5.28. The molecule has 0 fully saturated rings. The third kappa shape index (κ3) is 4.72. The Kier molecular flexibility index (Phi) is 5.90. The smallest absolute Gasteiger partial charge is 0.280 e. The molecule has 1 N–H and O–H groups in total. The summed E-state index contributed by atoms with van der Waals surface area (Å²) in [4.78, 5) is 12.4. The van der Waals surface area contributed by atoms with Crippen molar-refractivity contribution in [1.82, 2.24) is 29.3 Å². The van der Waals surface area contributed by atoms with Crippen LogP contribution in [-0.4, -0.2) is 37.7 Å². The number of hydrogen-bond acceptors (Lipinski definition) is 7. The Morgan fingerprint density at radius 2 is 1.76 bits per heavy atom. The van der Waals surface area contributed by atoms with Gasteiger partial charge in [-0.05, 0) is 64.4 Å². The molecular formula is C22H25N7O3S. The number of anilines is 1. The van der Waals surface area contributed by atoms with E-state index in [0.29, 0.717) is 23.1 Å². The molecule has 0 amide bonds. The SMILES string of the molecule is Cc1nn(-c2cc(Oc3ccc(NS(=O)(=O)c4cn(C(C)C)cn4)cc3)ncn2)c(C)c1C. The van der Waals surface area contributed by atoms with Crippen molar-refractivity contribution in [2.45, 2.75) is 45.7 Å². The van der Waals surface area contributed by atoms with Gasteiger partial charge in [0.2, 0.25) is 5.88 Å². The molecule has 4 rings (SSSR count). The van der Waals surface area contributed by atoms with Crippen molar-refractivity contribution in [2.75, 3.05) is 4.72 Å². The molecule has 0 aliphatic heterocycles. The third-order valence-corrected chi connectivity index (χ3v) is 6.54. The highest BCUT2D eigenvalue weighted by Gasteiger charge is 2.18. The van der Waals surface area contributed by atoms with Crippen LogP contribution >= 0.6 is 0 Å². The zero-order valence-electron chi connectivity index (χ0n) is 19.0. The van der Waals surface area contributed by atoms with Gasteiger partial charge in [-0.25, -0.2) is 19.6 Å². The van der Waals surface area contributed by atoms with Crippen LogP contribution in [0.3, 0.4) is 0 Å². The number of rotatable bonds is 7. The Hall–Kier alpha value is -3.73. The standard InChI is InChI=1S/C22H25N7O3S/c1-14(2)28-11-22(25-13-28)33(30,31)27-18-6-8-19(9-7-18)32-21-10-20(23-12-24-21)29-17(5)15(3)16(4)26-29/h6-14,27H,1-5H3. The lowest BCUT2D eigenvalue weighted by atomic mass is 10.2. The maximum absolute atomic E-state index is 12.6. The molecule has 0 radical (unpaired) electrons. The minimum Gasteiger partial charge on any atom is -0.439 e. The molecule has 0 aliphatic carbocycles. The molecule has 0 bridgehead atoms. The first kappa shape index (κ1) is 22.5. The first-order valence-corrected chi connectivity index (χ1v) is 11.8. The summed E-state index contributed by atoms with van der Waals surface area (Å²) in [6, 6.07) is 8.34. The van der Waals surface area contributed by atoms with E-state index in [-0.39, 0.29) is 11.1 Å². The van der Waals surface area contributed by atoms with Crippen molar-refractivity contribution >= 4 is 15.7 Å². The summed E-state index contributed by atoms with van der Waals surface area (Å²) in [6.07, 6.45) is 4.41. The van der Waals surface area contributed by atoms with E-state index >= 15 is 0 Å². The predicted octanol–water partition coefficient (Wildman–Crippen LogP) is 3.96. The maximum Gasteiger partial charge on any atom is 0.280 e. The zero-order chi connectivity index (χ0) is 23.8. The minimum absolute atomic E-state index is 0.0376. The monoisotopic (exact) mass is 467 g/mol. The Bertz CT molecular complexity index is 1390. The molecule has 33 heavy (non-hydrogen) atoms. The number of benzene rings is 1. The first-order valence-electron chi connectivity index (χ1n) is 10.3. The van der Waals surface area contributed by atoms with E-state index in [1.165, 1.54) is 18.9 Å². The number of aryl methyl sites for hydroxylation is 1. The second-order valence-corrected chi connectivity index (χ2v) is 9.54. The Morgan fingerprint density at radius 3 is 2.36 bits per heavy atom. The minimum atomic E-state index is -3.79. The van der Waals surface area contributed by atoms with Crippen LogP contribution < -0.4 is 9.46 Å². The fourth-order valence-corrected chi connectivity index (χ4v) is 4.10. The van der Waals surface area contributed by atoms with E-state index in [9.17, 15) is 8.42 Å². The Balaban J connectivity index is 1.48.